The molecule has 0 unspecified atom stereocenters. The van der Waals surface area contributed by atoms with Crippen LogP contribution in [0, 0.1) is 12.7 Å². The number of benzene rings is 2. The van der Waals surface area contributed by atoms with Crippen molar-refractivity contribution >= 4 is 40.6 Å². The highest BCUT2D eigenvalue weighted by molar-refractivity contribution is 7.09. The van der Waals surface area contributed by atoms with Crippen molar-refractivity contribution in [2.24, 2.45) is 5.73 Å². The molecule has 0 radical (unpaired) electrons. The predicted octanol–water partition coefficient (Wildman–Crippen LogP) is 3.57. The summed E-state index contributed by atoms with van der Waals surface area (Å²) >= 11 is 0.720. The Kier molecular flexibility index (Phi) is 7.01. The fraction of sp³-hybridized carbons (Fsp3) is 0.250. The Labute approximate surface area is 200 Å². The number of aromatic nitrogens is 1. The lowest BCUT2D eigenvalue weighted by Gasteiger charge is -2.33. The van der Waals surface area contributed by atoms with Gasteiger partial charge >= 0.3 is 0 Å². The molecule has 34 heavy (non-hydrogen) atoms. The van der Waals surface area contributed by atoms with Crippen LogP contribution in [0.15, 0.2) is 48.5 Å². The Hall–Kier alpha value is -3.79. The normalized spacial score (nSPS) is 12.1. The number of nitrogen functional groups attached to an aromatic ring is 1. The number of halogens is 1. The summed E-state index contributed by atoms with van der Waals surface area (Å²) in [6.07, 6.45) is 0. The Morgan fingerprint density at radius 1 is 1.06 bits per heavy atom. The quantitative estimate of drug-likeness (QED) is 0.493. The molecule has 8 nitrogen and oxygen atoms in total. The van der Waals surface area contributed by atoms with Crippen LogP contribution in [0.2, 0.25) is 0 Å². The maximum Gasteiger partial charge on any atom is 0.273 e. The summed E-state index contributed by atoms with van der Waals surface area (Å²) in [6.45, 7) is 7.32. The number of hydrogen-bond donors (Lipinski definition) is 3. The summed E-state index contributed by atoms with van der Waals surface area (Å²) in [5.41, 5.74) is 12.1. The number of hydrogen-bond acceptors (Lipinski definition) is 6. The molecular weight excluding hydrogens is 457 g/mol. The first kappa shape index (κ1) is 24.8. The topological polar surface area (TPSA) is 131 Å². The van der Waals surface area contributed by atoms with E-state index in [1.165, 1.54) is 29.2 Å². The average Bonchev–Trinajstić information content (AvgIpc) is 3.13. The van der Waals surface area contributed by atoms with Gasteiger partial charge in [-0.1, -0.05) is 29.8 Å². The van der Waals surface area contributed by atoms with Gasteiger partial charge in [0.2, 0.25) is 5.91 Å². The fourth-order valence-corrected chi connectivity index (χ4v) is 4.07. The number of primary amides is 1. The maximum atomic E-state index is 13.8. The Morgan fingerprint density at radius 2 is 1.65 bits per heavy atom. The highest BCUT2D eigenvalue weighted by atomic mass is 32.1. The number of rotatable bonds is 6. The van der Waals surface area contributed by atoms with Crippen molar-refractivity contribution in [2.75, 3.05) is 10.6 Å². The van der Waals surface area contributed by atoms with Gasteiger partial charge in [-0.2, -0.15) is 4.37 Å². The molecule has 3 amide bonds. The lowest BCUT2D eigenvalue weighted by Crippen LogP contribution is -2.49. The summed E-state index contributed by atoms with van der Waals surface area (Å²) in [7, 11) is 0. The molecule has 1 atom stereocenters. The van der Waals surface area contributed by atoms with Crippen LogP contribution in [0.25, 0.3) is 0 Å². The largest absolute Gasteiger partial charge is 0.395 e. The maximum absolute atomic E-state index is 13.8. The molecule has 5 N–H and O–H groups in total. The Balaban J connectivity index is 2.22. The first-order valence-electron chi connectivity index (χ1n) is 10.4. The summed E-state index contributed by atoms with van der Waals surface area (Å²) in [5, 5.41) is 2.89. The van der Waals surface area contributed by atoms with Gasteiger partial charge in [-0.25, -0.2) is 4.39 Å². The minimum atomic E-state index is -1.17. The number of nitrogens with one attached hydrogen (secondary N) is 1. The molecule has 0 aliphatic heterocycles. The van der Waals surface area contributed by atoms with Crippen molar-refractivity contribution in [3.8, 4) is 0 Å². The third-order valence-electron chi connectivity index (χ3n) is 4.88. The number of nitrogens with zero attached hydrogens (tertiary/aromatic N) is 2. The van der Waals surface area contributed by atoms with Gasteiger partial charge in [0.15, 0.2) is 5.69 Å². The third-order valence-corrected chi connectivity index (χ3v) is 5.73. The molecule has 178 valence electrons. The fourth-order valence-electron chi connectivity index (χ4n) is 3.33. The highest BCUT2D eigenvalue weighted by Crippen LogP contribution is 2.33. The minimum absolute atomic E-state index is 0.0370. The number of aryl methyl sites for hydroxylation is 1. The molecule has 10 heteroatoms. The molecule has 0 spiro atoms. The molecule has 1 aromatic heterocycles. The molecule has 0 saturated carbocycles. The molecule has 3 aromatic rings. The van der Waals surface area contributed by atoms with E-state index in [0.29, 0.717) is 11.3 Å². The zero-order valence-electron chi connectivity index (χ0n) is 19.3. The van der Waals surface area contributed by atoms with Gasteiger partial charge in [0.1, 0.15) is 16.7 Å². The van der Waals surface area contributed by atoms with Gasteiger partial charge in [-0.15, -0.1) is 0 Å². The Bertz CT molecular complexity index is 1220. The van der Waals surface area contributed by atoms with Gasteiger partial charge in [0.05, 0.1) is 5.69 Å². The summed E-state index contributed by atoms with van der Waals surface area (Å²) in [5.74, 6) is -2.48. The smallest absolute Gasteiger partial charge is 0.273 e. The first-order chi connectivity index (χ1) is 15.9. The van der Waals surface area contributed by atoms with E-state index in [4.69, 9.17) is 11.5 Å². The van der Waals surface area contributed by atoms with Crippen LogP contribution in [-0.4, -0.2) is 27.6 Å². The predicted molar refractivity (Wildman–Crippen MR) is 130 cm³/mol. The second-order valence-corrected chi connectivity index (χ2v) is 9.62. The first-order valence-corrected chi connectivity index (χ1v) is 11.2. The van der Waals surface area contributed by atoms with Crippen molar-refractivity contribution in [3.63, 3.8) is 0 Å². The van der Waals surface area contributed by atoms with Crippen LogP contribution in [0.5, 0.6) is 0 Å². The van der Waals surface area contributed by atoms with E-state index in [1.807, 2.05) is 27.7 Å². The van der Waals surface area contributed by atoms with Crippen LogP contribution < -0.4 is 21.7 Å². The van der Waals surface area contributed by atoms with Gasteiger partial charge < -0.3 is 16.8 Å². The molecule has 1 heterocycles. The third kappa shape index (κ3) is 5.40. The number of carbonyl (C=O) groups is 3. The van der Waals surface area contributed by atoms with E-state index in [2.05, 4.69) is 9.69 Å². The van der Waals surface area contributed by atoms with Crippen LogP contribution in [0.3, 0.4) is 0 Å². The summed E-state index contributed by atoms with van der Waals surface area (Å²) < 4.78 is 17.6. The number of amides is 3. The minimum Gasteiger partial charge on any atom is -0.395 e. The number of carbonyl (C=O) groups excluding carboxylic acids is 3. The lowest BCUT2D eigenvalue weighted by atomic mass is 10.00. The second kappa shape index (κ2) is 9.60. The van der Waals surface area contributed by atoms with Gasteiger partial charge in [0.25, 0.3) is 11.8 Å². The van der Waals surface area contributed by atoms with E-state index in [0.717, 1.165) is 17.1 Å². The summed E-state index contributed by atoms with van der Waals surface area (Å²) in [6, 6.07) is 11.1. The van der Waals surface area contributed by atoms with Crippen molar-refractivity contribution < 1.29 is 18.8 Å². The van der Waals surface area contributed by atoms with E-state index < -0.39 is 35.1 Å². The second-order valence-electron chi connectivity index (χ2n) is 8.84. The van der Waals surface area contributed by atoms with Crippen LogP contribution >= 0.6 is 11.5 Å². The van der Waals surface area contributed by atoms with E-state index in [1.54, 1.807) is 24.3 Å². The zero-order valence-corrected chi connectivity index (χ0v) is 20.1. The molecule has 0 saturated heterocycles. The van der Waals surface area contributed by atoms with E-state index >= 15 is 0 Å². The monoisotopic (exact) mass is 483 g/mol. The highest BCUT2D eigenvalue weighted by Gasteiger charge is 2.37. The lowest BCUT2D eigenvalue weighted by molar-refractivity contribution is -0.123. The zero-order chi connectivity index (χ0) is 25.2. The van der Waals surface area contributed by atoms with Crippen LogP contribution in [0.1, 0.15) is 58.1 Å². The van der Waals surface area contributed by atoms with Crippen LogP contribution in [0.4, 0.5) is 15.8 Å². The number of anilines is 2. The van der Waals surface area contributed by atoms with E-state index in [9.17, 15) is 18.8 Å². The van der Waals surface area contributed by atoms with Crippen molar-refractivity contribution in [3.05, 3.63) is 76.0 Å². The van der Waals surface area contributed by atoms with Crippen molar-refractivity contribution in [1.82, 2.24) is 9.69 Å². The molecule has 2 aromatic carbocycles. The van der Waals surface area contributed by atoms with Crippen molar-refractivity contribution in [1.29, 1.82) is 0 Å². The van der Waals surface area contributed by atoms with Crippen molar-refractivity contribution in [2.45, 2.75) is 39.3 Å². The summed E-state index contributed by atoms with van der Waals surface area (Å²) in [4.78, 5) is 40.3. The SMILES string of the molecule is Cc1ccc(N(C(=O)c2snc(C(N)=O)c2N)[C@@H](C(=O)NC(C)(C)C)c2ccc(F)cc2)cc1. The van der Waals surface area contributed by atoms with Crippen LogP contribution in [-0.2, 0) is 4.79 Å². The van der Waals surface area contributed by atoms with Gasteiger partial charge in [0, 0.05) is 11.2 Å². The molecule has 3 rings (SSSR count). The molecule has 0 aliphatic rings. The van der Waals surface area contributed by atoms with E-state index in [-0.39, 0.29) is 16.3 Å². The van der Waals surface area contributed by atoms with Gasteiger partial charge in [-0.05, 0) is 69.1 Å². The molecule has 0 bridgehead atoms. The standard InChI is InChI=1S/C24H26FN5O3S/c1-13-5-11-16(12-6-13)30(23(33)20-17(26)18(21(27)31)29-34-20)19(22(32)28-24(2,3)4)14-7-9-15(25)10-8-14/h5-12,19H,26H2,1-4H3,(H2,27,31)(H,28,32)/t19-/m1/s1. The molecule has 0 aliphatic carbocycles. The average molecular weight is 484 g/mol. The van der Waals surface area contributed by atoms with Gasteiger partial charge in [-0.3, -0.25) is 19.3 Å². The number of nitrogens with two attached hydrogens (primary N) is 2. The molecule has 0 fully saturated rings. The molecular formula is C24H26FN5O3S. The Morgan fingerprint density at radius 3 is 2.15 bits per heavy atom.